The number of imide groups is 2. The summed E-state index contributed by atoms with van der Waals surface area (Å²) in [6.45, 7) is 4.41. The van der Waals surface area contributed by atoms with Crippen LogP contribution in [-0.2, 0) is 19.1 Å². The number of rotatable bonds is 14. The molecule has 0 saturated carbocycles. The molecule has 1 atom stereocenters. The van der Waals surface area contributed by atoms with Crippen LogP contribution in [0.4, 0.5) is 15.8 Å². The van der Waals surface area contributed by atoms with Crippen LogP contribution in [0, 0.1) is 5.82 Å². The number of carbonyl (C=O) groups is 5. The number of methoxy groups -OCH3 is 1. The van der Waals surface area contributed by atoms with Gasteiger partial charge in [-0.05, 0) is 42.8 Å². The summed E-state index contributed by atoms with van der Waals surface area (Å²) in [5.74, 6) is -2.28. The number of hydrogen-bond acceptors (Lipinski definition) is 13. The van der Waals surface area contributed by atoms with E-state index >= 15 is 0 Å². The zero-order valence-electron chi connectivity index (χ0n) is 32.1. The van der Waals surface area contributed by atoms with Crippen LogP contribution in [0.25, 0.3) is 33.7 Å². The first kappa shape index (κ1) is 39.1. The first-order valence-electron chi connectivity index (χ1n) is 19.2. The third kappa shape index (κ3) is 8.04. The number of H-pyrrole nitrogens is 1. The zero-order valence-corrected chi connectivity index (χ0v) is 32.1. The van der Waals surface area contributed by atoms with Gasteiger partial charge in [-0.1, -0.05) is 24.3 Å². The average molecular weight is 805 g/mol. The van der Waals surface area contributed by atoms with Crippen molar-refractivity contribution in [3.8, 4) is 28.4 Å². The summed E-state index contributed by atoms with van der Waals surface area (Å²) in [6.07, 6.45) is 1.71. The summed E-state index contributed by atoms with van der Waals surface area (Å²) in [5.41, 5.74) is 4.71. The second kappa shape index (κ2) is 17.0. The molecule has 0 radical (unpaired) electrons. The Morgan fingerprint density at radius 1 is 0.932 bits per heavy atom. The van der Waals surface area contributed by atoms with Crippen molar-refractivity contribution in [3.63, 3.8) is 0 Å². The number of ether oxygens (including phenoxy) is 2. The number of hydrogen-bond donors (Lipinski definition) is 4. The van der Waals surface area contributed by atoms with E-state index < -0.39 is 35.5 Å². The van der Waals surface area contributed by atoms with Crippen molar-refractivity contribution in [2.75, 3.05) is 76.4 Å². The van der Waals surface area contributed by atoms with Gasteiger partial charge in [0.2, 0.25) is 17.7 Å². The van der Waals surface area contributed by atoms with Crippen LogP contribution < -0.4 is 25.6 Å². The molecule has 4 N–H and O–H groups in total. The van der Waals surface area contributed by atoms with E-state index in [0.29, 0.717) is 54.3 Å². The van der Waals surface area contributed by atoms with E-state index in [4.69, 9.17) is 9.47 Å². The normalized spacial score (nSPS) is 17.0. The second-order valence-corrected chi connectivity index (χ2v) is 14.2. The van der Waals surface area contributed by atoms with Gasteiger partial charge in [-0.3, -0.25) is 44.2 Å². The Balaban J connectivity index is 0.755. The lowest BCUT2D eigenvalue weighted by molar-refractivity contribution is -0.136. The van der Waals surface area contributed by atoms with Gasteiger partial charge in [0.05, 0.1) is 49.8 Å². The second-order valence-electron chi connectivity index (χ2n) is 14.2. The van der Waals surface area contributed by atoms with Gasteiger partial charge in [-0.15, -0.1) is 0 Å². The summed E-state index contributed by atoms with van der Waals surface area (Å²) in [5, 5.41) is 15.7. The van der Waals surface area contributed by atoms with E-state index in [1.54, 1.807) is 30.5 Å². The Morgan fingerprint density at radius 2 is 1.71 bits per heavy atom. The maximum Gasteiger partial charge on any atom is 0.264 e. The molecule has 2 aromatic heterocycles. The fraction of sp³-hybridized carbons (Fsp3) is 0.317. The van der Waals surface area contributed by atoms with Crippen LogP contribution in [0.15, 0.2) is 66.9 Å². The Labute approximate surface area is 337 Å². The zero-order chi connectivity index (χ0) is 41.0. The molecule has 59 heavy (non-hydrogen) atoms. The van der Waals surface area contributed by atoms with Gasteiger partial charge in [-0.25, -0.2) is 14.4 Å². The Bertz CT molecular complexity index is 2430. The molecule has 0 bridgehead atoms. The lowest BCUT2D eigenvalue weighted by Crippen LogP contribution is -2.54. The lowest BCUT2D eigenvalue weighted by Gasteiger charge is -2.35. The standard InChI is InChI=1S/C41H41FN10O7/c1-58-31-7-3-5-27(42)35(31)38-45-22-29-37(47-38)36(49-48-29)24-8-10-25(11-9-24)51-18-16-50(17-19-51)23-33(54)44-15-21-59-20-14-43-28-6-2-4-26-34(28)41(57)52(40(26)56)30-12-13-32(53)46-39(30)55/h2-11,22,30,43H,12-21,23H2,1H3,(H,44,54)(H,48,49)(H,46,53,55). The molecular formula is C41H41FN10O7. The lowest BCUT2D eigenvalue weighted by atomic mass is 10.0. The Morgan fingerprint density at radius 3 is 2.49 bits per heavy atom. The fourth-order valence-electron chi connectivity index (χ4n) is 7.56. The van der Waals surface area contributed by atoms with Crippen molar-refractivity contribution in [1.82, 2.24) is 40.6 Å². The van der Waals surface area contributed by atoms with Crippen LogP contribution in [0.3, 0.4) is 0 Å². The first-order valence-corrected chi connectivity index (χ1v) is 19.2. The van der Waals surface area contributed by atoms with Crippen molar-refractivity contribution < 1.29 is 37.8 Å². The van der Waals surface area contributed by atoms with Gasteiger partial charge in [0, 0.05) is 62.6 Å². The summed E-state index contributed by atoms with van der Waals surface area (Å²) in [4.78, 5) is 77.3. The van der Waals surface area contributed by atoms with E-state index in [1.807, 2.05) is 24.3 Å². The quantitative estimate of drug-likeness (QED) is 0.0943. The SMILES string of the molecule is COc1cccc(F)c1-c1ncc2[nH]nc(-c3ccc(N4CCN(CC(=O)NCCOCCNc5cccc6c5C(=O)N(C5CCC(=O)NC5=O)C6=O)CC4)cc3)c2n1. The number of nitrogens with one attached hydrogen (secondary N) is 4. The molecule has 18 heteroatoms. The summed E-state index contributed by atoms with van der Waals surface area (Å²) in [7, 11) is 1.47. The van der Waals surface area contributed by atoms with Gasteiger partial charge >= 0.3 is 0 Å². The number of nitrogens with zero attached hydrogens (tertiary/aromatic N) is 6. The van der Waals surface area contributed by atoms with Gasteiger partial charge in [0.15, 0.2) is 5.82 Å². The van der Waals surface area contributed by atoms with Gasteiger partial charge in [-0.2, -0.15) is 5.10 Å². The van der Waals surface area contributed by atoms with E-state index in [-0.39, 0.29) is 61.0 Å². The van der Waals surface area contributed by atoms with Gasteiger partial charge in [0.25, 0.3) is 11.8 Å². The highest BCUT2D eigenvalue weighted by molar-refractivity contribution is 6.25. The molecule has 3 aromatic carbocycles. The number of amides is 5. The number of aromatic amines is 1. The Hall–Kier alpha value is -6.79. The summed E-state index contributed by atoms with van der Waals surface area (Å²) in [6, 6.07) is 16.4. The Kier molecular flexibility index (Phi) is 11.2. The third-order valence-corrected chi connectivity index (χ3v) is 10.6. The van der Waals surface area contributed by atoms with E-state index in [1.165, 1.54) is 19.2 Å². The number of piperidine rings is 1. The minimum atomic E-state index is -1.04. The minimum Gasteiger partial charge on any atom is -0.496 e. The van der Waals surface area contributed by atoms with Crippen molar-refractivity contribution in [2.24, 2.45) is 0 Å². The number of anilines is 2. The molecule has 0 spiro atoms. The van der Waals surface area contributed by atoms with Crippen molar-refractivity contribution in [1.29, 1.82) is 0 Å². The molecule has 17 nitrogen and oxygen atoms in total. The van der Waals surface area contributed by atoms with Crippen LogP contribution >= 0.6 is 0 Å². The van der Waals surface area contributed by atoms with E-state index in [2.05, 4.69) is 45.9 Å². The summed E-state index contributed by atoms with van der Waals surface area (Å²) >= 11 is 0. The topological polar surface area (TPSA) is 204 Å². The number of aromatic nitrogens is 4. The number of fused-ring (bicyclic) bond motifs is 2. The monoisotopic (exact) mass is 804 g/mol. The smallest absolute Gasteiger partial charge is 0.264 e. The van der Waals surface area contributed by atoms with Gasteiger partial charge < -0.3 is 25.0 Å². The molecule has 1 unspecified atom stereocenters. The van der Waals surface area contributed by atoms with Crippen molar-refractivity contribution in [2.45, 2.75) is 18.9 Å². The maximum absolute atomic E-state index is 14.8. The molecule has 8 rings (SSSR count). The van der Waals surface area contributed by atoms with Crippen LogP contribution in [0.2, 0.25) is 0 Å². The average Bonchev–Trinajstić information content (AvgIpc) is 3.78. The molecular weight excluding hydrogens is 764 g/mol. The van der Waals surface area contributed by atoms with Crippen LogP contribution in [0.1, 0.15) is 33.6 Å². The number of carbonyl (C=O) groups excluding carboxylic acids is 5. The molecule has 3 aliphatic heterocycles. The molecule has 3 aliphatic rings. The predicted molar refractivity (Wildman–Crippen MR) is 213 cm³/mol. The predicted octanol–water partition coefficient (Wildman–Crippen LogP) is 2.60. The summed E-state index contributed by atoms with van der Waals surface area (Å²) < 4.78 is 25.8. The highest BCUT2D eigenvalue weighted by atomic mass is 19.1. The maximum atomic E-state index is 14.8. The minimum absolute atomic E-state index is 0.0480. The fourth-order valence-corrected chi connectivity index (χ4v) is 7.56. The molecule has 2 saturated heterocycles. The van der Waals surface area contributed by atoms with Crippen LogP contribution in [-0.4, -0.2) is 132 Å². The molecule has 5 amide bonds. The van der Waals surface area contributed by atoms with Gasteiger partial charge in [0.1, 0.15) is 34.3 Å². The number of benzene rings is 3. The van der Waals surface area contributed by atoms with E-state index in [9.17, 15) is 28.4 Å². The molecule has 2 fully saturated rings. The van der Waals surface area contributed by atoms with Crippen LogP contribution in [0.5, 0.6) is 5.75 Å². The number of halogens is 1. The highest BCUT2D eigenvalue weighted by Gasteiger charge is 2.45. The van der Waals surface area contributed by atoms with Crippen molar-refractivity contribution >= 4 is 51.9 Å². The molecule has 5 heterocycles. The first-order chi connectivity index (χ1) is 28.7. The molecule has 304 valence electrons. The molecule has 0 aliphatic carbocycles. The third-order valence-electron chi connectivity index (χ3n) is 10.6. The number of piperazine rings is 1. The largest absolute Gasteiger partial charge is 0.496 e. The van der Waals surface area contributed by atoms with E-state index in [0.717, 1.165) is 29.2 Å². The van der Waals surface area contributed by atoms with Crippen molar-refractivity contribution in [3.05, 3.63) is 83.8 Å². The molecule has 5 aromatic rings. The highest BCUT2D eigenvalue weighted by Crippen LogP contribution is 2.34.